The highest BCUT2D eigenvalue weighted by atomic mass is 35.5. The fourth-order valence-corrected chi connectivity index (χ4v) is 2.09. The van der Waals surface area contributed by atoms with E-state index in [9.17, 15) is 9.90 Å². The lowest BCUT2D eigenvalue weighted by molar-refractivity contribution is -0.116. The molecule has 0 saturated carbocycles. The smallest absolute Gasteiger partial charge is 0.244 e. The van der Waals surface area contributed by atoms with Crippen molar-refractivity contribution in [1.29, 1.82) is 0 Å². The number of nitrogens with one attached hydrogen (secondary N) is 1. The molecule has 23 heavy (non-hydrogen) atoms. The van der Waals surface area contributed by atoms with Crippen LogP contribution in [0.5, 0.6) is 5.75 Å². The number of rotatable bonds is 6. The van der Waals surface area contributed by atoms with Crippen LogP contribution in [0.15, 0.2) is 54.6 Å². The number of methoxy groups -OCH3 is 1. The molecule has 2 aromatic rings. The number of halogens is 1. The van der Waals surface area contributed by atoms with Crippen molar-refractivity contribution in [2.75, 3.05) is 13.7 Å². The minimum Gasteiger partial charge on any atom is -0.497 e. The van der Waals surface area contributed by atoms with Gasteiger partial charge in [0.2, 0.25) is 5.91 Å². The number of aliphatic hydroxyl groups is 1. The molecule has 120 valence electrons. The van der Waals surface area contributed by atoms with Crippen molar-refractivity contribution >= 4 is 23.6 Å². The minimum absolute atomic E-state index is 0.122. The molecule has 0 heterocycles. The average molecular weight is 332 g/mol. The zero-order chi connectivity index (χ0) is 16.7. The summed E-state index contributed by atoms with van der Waals surface area (Å²) in [5.74, 6) is 0.386. The van der Waals surface area contributed by atoms with E-state index in [0.29, 0.717) is 16.3 Å². The number of amides is 1. The van der Waals surface area contributed by atoms with Crippen molar-refractivity contribution in [3.8, 4) is 5.75 Å². The summed E-state index contributed by atoms with van der Waals surface area (Å²) in [6.07, 6.45) is 2.31. The molecule has 0 saturated heterocycles. The predicted octanol–water partition coefficient (Wildman–Crippen LogP) is 3.21. The summed E-state index contributed by atoms with van der Waals surface area (Å²) in [7, 11) is 1.56. The molecule has 0 bridgehead atoms. The Kier molecular flexibility index (Phi) is 6.20. The largest absolute Gasteiger partial charge is 0.497 e. The first-order chi connectivity index (χ1) is 11.1. The predicted molar refractivity (Wildman–Crippen MR) is 91.4 cm³/mol. The van der Waals surface area contributed by atoms with Gasteiger partial charge >= 0.3 is 0 Å². The Morgan fingerprint density at radius 2 is 2.04 bits per heavy atom. The Balaban J connectivity index is 1.86. The van der Waals surface area contributed by atoms with E-state index in [1.807, 2.05) is 12.1 Å². The Hall–Kier alpha value is -2.30. The van der Waals surface area contributed by atoms with Crippen molar-refractivity contribution < 1.29 is 14.6 Å². The van der Waals surface area contributed by atoms with E-state index >= 15 is 0 Å². The molecule has 0 fully saturated rings. The molecule has 0 radical (unpaired) electrons. The Bertz CT molecular complexity index is 683. The zero-order valence-corrected chi connectivity index (χ0v) is 13.5. The molecule has 1 unspecified atom stereocenters. The van der Waals surface area contributed by atoms with E-state index in [4.69, 9.17) is 16.3 Å². The van der Waals surface area contributed by atoms with Gasteiger partial charge in [0.05, 0.1) is 13.2 Å². The maximum absolute atomic E-state index is 11.8. The van der Waals surface area contributed by atoms with Crippen molar-refractivity contribution in [1.82, 2.24) is 5.32 Å². The summed E-state index contributed by atoms with van der Waals surface area (Å²) in [5.41, 5.74) is 1.56. The molecule has 5 heteroatoms. The second-order valence-corrected chi connectivity index (χ2v) is 5.36. The molecule has 1 amide bonds. The van der Waals surface area contributed by atoms with E-state index in [-0.39, 0.29) is 12.5 Å². The summed E-state index contributed by atoms with van der Waals surface area (Å²) in [4.78, 5) is 11.8. The fourth-order valence-electron chi connectivity index (χ4n) is 1.97. The first kappa shape index (κ1) is 17.1. The van der Waals surface area contributed by atoms with Gasteiger partial charge in [-0.3, -0.25) is 4.79 Å². The molecule has 0 aromatic heterocycles. The van der Waals surface area contributed by atoms with Gasteiger partial charge in [-0.2, -0.15) is 0 Å². The van der Waals surface area contributed by atoms with Crippen LogP contribution in [0.4, 0.5) is 0 Å². The summed E-state index contributed by atoms with van der Waals surface area (Å²) < 4.78 is 5.11. The molecule has 2 N–H and O–H groups in total. The Morgan fingerprint density at radius 3 is 2.74 bits per heavy atom. The van der Waals surface area contributed by atoms with Crippen molar-refractivity contribution in [2.24, 2.45) is 0 Å². The molecule has 0 aliphatic heterocycles. The quantitative estimate of drug-likeness (QED) is 0.799. The number of hydrogen-bond acceptors (Lipinski definition) is 3. The third-order valence-electron chi connectivity index (χ3n) is 3.25. The monoisotopic (exact) mass is 331 g/mol. The summed E-state index contributed by atoms with van der Waals surface area (Å²) >= 11 is 5.80. The lowest BCUT2D eigenvalue weighted by atomic mass is 10.1. The molecule has 0 aliphatic carbocycles. The second kappa shape index (κ2) is 8.36. The van der Waals surface area contributed by atoms with Crippen LogP contribution in [-0.4, -0.2) is 24.7 Å². The van der Waals surface area contributed by atoms with E-state index < -0.39 is 6.10 Å². The van der Waals surface area contributed by atoms with E-state index in [2.05, 4.69) is 5.32 Å². The van der Waals surface area contributed by atoms with Crippen molar-refractivity contribution in [3.63, 3.8) is 0 Å². The minimum atomic E-state index is -0.794. The summed E-state index contributed by atoms with van der Waals surface area (Å²) in [6, 6.07) is 14.2. The van der Waals surface area contributed by atoms with Gasteiger partial charge in [0, 0.05) is 17.6 Å². The average Bonchev–Trinajstić information content (AvgIpc) is 2.59. The van der Waals surface area contributed by atoms with E-state index in [1.54, 1.807) is 49.6 Å². The van der Waals surface area contributed by atoms with Crippen LogP contribution in [0.25, 0.3) is 6.08 Å². The number of ether oxygens (including phenoxy) is 1. The normalized spacial score (nSPS) is 12.1. The summed E-state index contributed by atoms with van der Waals surface area (Å²) in [5, 5.41) is 13.4. The number of hydrogen-bond donors (Lipinski definition) is 2. The molecule has 2 aromatic carbocycles. The van der Waals surface area contributed by atoms with Gasteiger partial charge in [0.15, 0.2) is 0 Å². The van der Waals surface area contributed by atoms with Crippen LogP contribution in [0, 0.1) is 0 Å². The maximum atomic E-state index is 11.8. The van der Waals surface area contributed by atoms with Crippen molar-refractivity contribution in [2.45, 2.75) is 6.10 Å². The first-order valence-electron chi connectivity index (χ1n) is 7.12. The van der Waals surface area contributed by atoms with Crippen LogP contribution in [0.1, 0.15) is 17.2 Å². The lowest BCUT2D eigenvalue weighted by Crippen LogP contribution is -2.26. The van der Waals surface area contributed by atoms with Gasteiger partial charge in [0.25, 0.3) is 0 Å². The van der Waals surface area contributed by atoms with Crippen LogP contribution in [-0.2, 0) is 4.79 Å². The third kappa shape index (κ3) is 5.43. The van der Waals surface area contributed by atoms with Gasteiger partial charge in [-0.05, 0) is 41.5 Å². The molecule has 1 atom stereocenters. The Labute approximate surface area is 140 Å². The topological polar surface area (TPSA) is 58.6 Å². The lowest BCUT2D eigenvalue weighted by Gasteiger charge is -2.12. The molecular formula is C18H18ClNO3. The van der Waals surface area contributed by atoms with Gasteiger partial charge in [-0.25, -0.2) is 0 Å². The maximum Gasteiger partial charge on any atom is 0.244 e. The highest BCUT2D eigenvalue weighted by Gasteiger charge is 2.09. The van der Waals surface area contributed by atoms with E-state index in [0.717, 1.165) is 5.56 Å². The number of carbonyl (C=O) groups excluding carboxylic acids is 1. The first-order valence-corrected chi connectivity index (χ1v) is 7.50. The van der Waals surface area contributed by atoms with Crippen LogP contribution in [0.3, 0.4) is 0 Å². The van der Waals surface area contributed by atoms with Gasteiger partial charge in [0.1, 0.15) is 5.75 Å². The van der Waals surface area contributed by atoms with Crippen LogP contribution >= 0.6 is 11.6 Å². The number of carbonyl (C=O) groups is 1. The molecule has 0 aliphatic rings. The van der Waals surface area contributed by atoms with Gasteiger partial charge < -0.3 is 15.2 Å². The van der Waals surface area contributed by atoms with Crippen LogP contribution < -0.4 is 10.1 Å². The summed E-state index contributed by atoms with van der Waals surface area (Å²) in [6.45, 7) is 0.122. The molecule has 0 spiro atoms. The molecule has 4 nitrogen and oxygen atoms in total. The highest BCUT2D eigenvalue weighted by Crippen LogP contribution is 2.18. The SMILES string of the molecule is COc1cccc(C(O)CNC(=O)/C=C/c2ccc(Cl)cc2)c1. The third-order valence-corrected chi connectivity index (χ3v) is 3.50. The van der Waals surface area contributed by atoms with E-state index in [1.165, 1.54) is 6.08 Å². The molecule has 2 rings (SSSR count). The number of aliphatic hydroxyl groups excluding tert-OH is 1. The number of benzene rings is 2. The second-order valence-electron chi connectivity index (χ2n) is 4.92. The molecular weight excluding hydrogens is 314 g/mol. The highest BCUT2D eigenvalue weighted by molar-refractivity contribution is 6.30. The van der Waals surface area contributed by atoms with Gasteiger partial charge in [-0.15, -0.1) is 0 Å². The zero-order valence-electron chi connectivity index (χ0n) is 12.7. The van der Waals surface area contributed by atoms with Crippen molar-refractivity contribution in [3.05, 3.63) is 70.8 Å². The Morgan fingerprint density at radius 1 is 1.30 bits per heavy atom. The van der Waals surface area contributed by atoms with Crippen LogP contribution in [0.2, 0.25) is 5.02 Å². The standard InChI is InChI=1S/C18H18ClNO3/c1-23-16-4-2-3-14(11-16)17(21)12-20-18(22)10-7-13-5-8-15(19)9-6-13/h2-11,17,21H,12H2,1H3,(H,20,22)/b10-7+. The fraction of sp³-hybridized carbons (Fsp3) is 0.167. The van der Waals surface area contributed by atoms with Gasteiger partial charge in [-0.1, -0.05) is 35.9 Å².